The Morgan fingerprint density at radius 1 is 0.947 bits per heavy atom. The summed E-state index contributed by atoms with van der Waals surface area (Å²) in [5.41, 5.74) is 0.758. The van der Waals surface area contributed by atoms with Gasteiger partial charge in [0.1, 0.15) is 0 Å². The molecule has 0 amide bonds. The van der Waals surface area contributed by atoms with E-state index in [-0.39, 0.29) is 10.6 Å². The lowest BCUT2D eigenvalue weighted by Crippen LogP contribution is -2.09. The molecule has 0 aliphatic carbocycles. The van der Waals surface area contributed by atoms with Gasteiger partial charge in [-0.1, -0.05) is 64.5 Å². The highest BCUT2D eigenvalue weighted by Gasteiger charge is 2.12. The standard InChI is InChI=1S/C17H13BrO/c1-11(18)17(19)14-9-8-13-7-6-12-4-2-3-5-15(12)16(13)10-14/h2-11H,1H3. The van der Waals surface area contributed by atoms with Crippen LogP contribution in [0.3, 0.4) is 0 Å². The predicted molar refractivity (Wildman–Crippen MR) is 84.2 cm³/mol. The summed E-state index contributed by atoms with van der Waals surface area (Å²) in [7, 11) is 0. The molecule has 3 aromatic carbocycles. The molecule has 0 radical (unpaired) electrons. The molecule has 1 unspecified atom stereocenters. The van der Waals surface area contributed by atoms with Gasteiger partial charge in [-0.2, -0.15) is 0 Å². The van der Waals surface area contributed by atoms with Gasteiger partial charge >= 0.3 is 0 Å². The van der Waals surface area contributed by atoms with Crippen molar-refractivity contribution in [3.63, 3.8) is 0 Å². The largest absolute Gasteiger partial charge is 0.293 e. The number of hydrogen-bond donors (Lipinski definition) is 0. The molecule has 0 N–H and O–H groups in total. The minimum atomic E-state index is -0.153. The Kier molecular flexibility index (Phi) is 3.11. The second-order valence-electron chi connectivity index (χ2n) is 4.70. The summed E-state index contributed by atoms with van der Waals surface area (Å²) in [6.45, 7) is 1.86. The number of carbonyl (C=O) groups excluding carboxylic acids is 1. The number of alkyl halides is 1. The van der Waals surface area contributed by atoms with Crippen LogP contribution in [0.5, 0.6) is 0 Å². The predicted octanol–water partition coefficient (Wildman–Crippen LogP) is 4.96. The first kappa shape index (κ1) is 12.4. The molecule has 0 saturated carbocycles. The average Bonchev–Trinajstić information content (AvgIpc) is 2.45. The molecule has 0 saturated heterocycles. The molecule has 3 aromatic rings. The Morgan fingerprint density at radius 2 is 1.58 bits per heavy atom. The van der Waals surface area contributed by atoms with E-state index in [0.717, 1.165) is 16.3 Å². The van der Waals surface area contributed by atoms with Crippen LogP contribution in [0.4, 0.5) is 0 Å². The smallest absolute Gasteiger partial charge is 0.176 e. The number of halogens is 1. The van der Waals surface area contributed by atoms with Gasteiger partial charge in [0, 0.05) is 5.56 Å². The third-order valence-electron chi connectivity index (χ3n) is 3.39. The molecule has 94 valence electrons. The normalized spacial score (nSPS) is 12.7. The zero-order chi connectivity index (χ0) is 13.4. The molecule has 1 nitrogen and oxygen atoms in total. The summed E-state index contributed by atoms with van der Waals surface area (Å²) in [5, 5.41) is 4.69. The van der Waals surface area contributed by atoms with Crippen molar-refractivity contribution in [3.8, 4) is 0 Å². The molecule has 0 fully saturated rings. The van der Waals surface area contributed by atoms with E-state index in [4.69, 9.17) is 0 Å². The Morgan fingerprint density at radius 3 is 2.32 bits per heavy atom. The monoisotopic (exact) mass is 312 g/mol. The van der Waals surface area contributed by atoms with Crippen LogP contribution in [0.25, 0.3) is 21.5 Å². The molecule has 1 atom stereocenters. The fraction of sp³-hybridized carbons (Fsp3) is 0.118. The van der Waals surface area contributed by atoms with E-state index in [2.05, 4.69) is 40.2 Å². The van der Waals surface area contributed by atoms with Crippen LogP contribution in [-0.4, -0.2) is 10.6 Å². The van der Waals surface area contributed by atoms with E-state index in [9.17, 15) is 4.79 Å². The maximum absolute atomic E-state index is 12.1. The van der Waals surface area contributed by atoms with Crippen LogP contribution >= 0.6 is 15.9 Å². The topological polar surface area (TPSA) is 17.1 Å². The third kappa shape index (κ3) is 2.17. The zero-order valence-electron chi connectivity index (χ0n) is 10.6. The number of Topliss-reactive ketones (excluding diaryl/α,β-unsaturated/α-hetero) is 1. The van der Waals surface area contributed by atoms with E-state index < -0.39 is 0 Å². The molecule has 0 aliphatic rings. The Bertz CT molecular complexity index is 774. The fourth-order valence-electron chi connectivity index (χ4n) is 2.38. The Hall–Kier alpha value is -1.67. The van der Waals surface area contributed by atoms with E-state index >= 15 is 0 Å². The second kappa shape index (κ2) is 4.78. The zero-order valence-corrected chi connectivity index (χ0v) is 12.1. The van der Waals surface area contributed by atoms with Gasteiger partial charge < -0.3 is 0 Å². The van der Waals surface area contributed by atoms with Crippen molar-refractivity contribution in [1.82, 2.24) is 0 Å². The highest BCUT2D eigenvalue weighted by molar-refractivity contribution is 9.10. The molecule has 0 bridgehead atoms. The highest BCUT2D eigenvalue weighted by Crippen LogP contribution is 2.26. The molecule has 3 rings (SSSR count). The van der Waals surface area contributed by atoms with Gasteiger partial charge in [-0.05, 0) is 34.5 Å². The SMILES string of the molecule is CC(Br)C(=O)c1ccc2ccc3ccccc3c2c1. The molecular formula is C17H13BrO. The number of fused-ring (bicyclic) bond motifs is 3. The quantitative estimate of drug-likeness (QED) is 0.371. The van der Waals surface area contributed by atoms with Crippen molar-refractivity contribution < 1.29 is 4.79 Å². The van der Waals surface area contributed by atoms with E-state index in [1.165, 1.54) is 10.8 Å². The molecule has 0 heterocycles. The first-order valence-corrected chi connectivity index (χ1v) is 7.18. The summed E-state index contributed by atoms with van der Waals surface area (Å²) < 4.78 is 0. The summed E-state index contributed by atoms with van der Waals surface area (Å²) in [5.74, 6) is 0.120. The van der Waals surface area contributed by atoms with Crippen molar-refractivity contribution in [3.05, 3.63) is 60.2 Å². The minimum absolute atomic E-state index is 0.120. The summed E-state index contributed by atoms with van der Waals surface area (Å²) in [4.78, 5) is 11.9. The molecule has 2 heteroatoms. The Labute approximate surface area is 120 Å². The van der Waals surface area contributed by atoms with Gasteiger partial charge in [0.2, 0.25) is 0 Å². The van der Waals surface area contributed by atoms with Crippen LogP contribution in [0, 0.1) is 0 Å². The lowest BCUT2D eigenvalue weighted by Gasteiger charge is -2.07. The lowest BCUT2D eigenvalue weighted by molar-refractivity contribution is 0.0996. The minimum Gasteiger partial charge on any atom is -0.293 e. The van der Waals surface area contributed by atoms with E-state index in [1.807, 2.05) is 37.3 Å². The van der Waals surface area contributed by atoms with Crippen molar-refractivity contribution >= 4 is 43.3 Å². The van der Waals surface area contributed by atoms with Crippen molar-refractivity contribution in [2.24, 2.45) is 0 Å². The number of rotatable bonds is 2. The highest BCUT2D eigenvalue weighted by atomic mass is 79.9. The molecule has 0 aliphatic heterocycles. The van der Waals surface area contributed by atoms with Crippen molar-refractivity contribution in [2.75, 3.05) is 0 Å². The maximum atomic E-state index is 12.1. The second-order valence-corrected chi connectivity index (χ2v) is 6.08. The Balaban J connectivity index is 2.31. The first-order valence-electron chi connectivity index (χ1n) is 6.26. The van der Waals surface area contributed by atoms with Gasteiger partial charge in [-0.25, -0.2) is 0 Å². The molecule has 19 heavy (non-hydrogen) atoms. The van der Waals surface area contributed by atoms with Gasteiger partial charge in [0.15, 0.2) is 5.78 Å². The molecule has 0 aromatic heterocycles. The van der Waals surface area contributed by atoms with Gasteiger partial charge in [-0.15, -0.1) is 0 Å². The van der Waals surface area contributed by atoms with Crippen LogP contribution in [0.2, 0.25) is 0 Å². The molecular weight excluding hydrogens is 300 g/mol. The first-order chi connectivity index (χ1) is 9.16. The van der Waals surface area contributed by atoms with Gasteiger partial charge in [-0.3, -0.25) is 4.79 Å². The van der Waals surface area contributed by atoms with Gasteiger partial charge in [0.25, 0.3) is 0 Å². The van der Waals surface area contributed by atoms with E-state index in [1.54, 1.807) is 0 Å². The lowest BCUT2D eigenvalue weighted by atomic mass is 9.98. The fourth-order valence-corrected chi connectivity index (χ4v) is 2.65. The molecule has 0 spiro atoms. The van der Waals surface area contributed by atoms with Crippen LogP contribution in [0.1, 0.15) is 17.3 Å². The van der Waals surface area contributed by atoms with E-state index in [0.29, 0.717) is 0 Å². The third-order valence-corrected chi connectivity index (χ3v) is 3.81. The maximum Gasteiger partial charge on any atom is 0.176 e. The summed E-state index contributed by atoms with van der Waals surface area (Å²) in [6.07, 6.45) is 0. The van der Waals surface area contributed by atoms with Crippen molar-refractivity contribution in [2.45, 2.75) is 11.8 Å². The number of benzene rings is 3. The summed E-state index contributed by atoms with van der Waals surface area (Å²) >= 11 is 3.34. The van der Waals surface area contributed by atoms with Crippen molar-refractivity contribution in [1.29, 1.82) is 0 Å². The average molecular weight is 313 g/mol. The number of ketones is 1. The van der Waals surface area contributed by atoms with Crippen LogP contribution in [-0.2, 0) is 0 Å². The van der Waals surface area contributed by atoms with Crippen LogP contribution in [0.15, 0.2) is 54.6 Å². The number of carbonyl (C=O) groups is 1. The summed E-state index contributed by atoms with van der Waals surface area (Å²) in [6, 6.07) is 18.4. The van der Waals surface area contributed by atoms with Gasteiger partial charge in [0.05, 0.1) is 4.83 Å². The van der Waals surface area contributed by atoms with Crippen LogP contribution < -0.4 is 0 Å². The number of hydrogen-bond acceptors (Lipinski definition) is 1.